The summed E-state index contributed by atoms with van der Waals surface area (Å²) in [4.78, 5) is 36.2. The van der Waals surface area contributed by atoms with E-state index in [-0.39, 0.29) is 18.0 Å². The quantitative estimate of drug-likeness (QED) is 0.385. The van der Waals surface area contributed by atoms with Crippen LogP contribution >= 0.6 is 0 Å². The van der Waals surface area contributed by atoms with Crippen LogP contribution in [0.3, 0.4) is 0 Å². The normalized spacial score (nSPS) is 15.1. The molecule has 1 fully saturated rings. The first-order chi connectivity index (χ1) is 18.2. The summed E-state index contributed by atoms with van der Waals surface area (Å²) in [7, 11) is 0. The SMILES string of the molecule is O=C(Cn1c2c(c3ccccc31)CCn1c-2nc2ccccc2c1=O)N1CCN(c2ccccc2)CC1. The first kappa shape index (κ1) is 21.9. The Labute approximate surface area is 214 Å². The number of fused-ring (bicyclic) bond motifs is 6. The van der Waals surface area contributed by atoms with Crippen molar-refractivity contribution < 1.29 is 4.79 Å². The number of carbonyl (C=O) groups excluding carboxylic acids is 1. The molecule has 2 aliphatic heterocycles. The molecule has 37 heavy (non-hydrogen) atoms. The zero-order chi connectivity index (χ0) is 24.9. The molecule has 0 N–H and O–H groups in total. The predicted molar refractivity (Wildman–Crippen MR) is 146 cm³/mol. The van der Waals surface area contributed by atoms with Gasteiger partial charge in [0.15, 0.2) is 5.82 Å². The van der Waals surface area contributed by atoms with Gasteiger partial charge in [0.25, 0.3) is 5.56 Å². The van der Waals surface area contributed by atoms with Crippen molar-refractivity contribution in [2.24, 2.45) is 0 Å². The predicted octanol–water partition coefficient (Wildman–Crippen LogP) is 3.92. The second-order valence-corrected chi connectivity index (χ2v) is 9.79. The van der Waals surface area contributed by atoms with Gasteiger partial charge in [-0.25, -0.2) is 4.98 Å². The number of para-hydroxylation sites is 3. The second kappa shape index (κ2) is 8.62. The number of benzene rings is 3. The Balaban J connectivity index is 1.26. The molecular formula is C30H27N5O2. The first-order valence-corrected chi connectivity index (χ1v) is 12.9. The van der Waals surface area contributed by atoms with E-state index in [1.807, 2.05) is 59.5 Å². The average molecular weight is 490 g/mol. The zero-order valence-corrected chi connectivity index (χ0v) is 20.5. The van der Waals surface area contributed by atoms with Crippen molar-refractivity contribution in [3.05, 3.63) is 94.8 Å². The van der Waals surface area contributed by atoms with Crippen LogP contribution in [-0.4, -0.2) is 51.1 Å². The van der Waals surface area contributed by atoms with E-state index in [1.165, 1.54) is 11.3 Å². The monoisotopic (exact) mass is 489 g/mol. The molecule has 2 aromatic heterocycles. The smallest absolute Gasteiger partial charge is 0.261 e. The number of amides is 1. The van der Waals surface area contributed by atoms with Crippen LogP contribution in [0, 0.1) is 0 Å². The highest BCUT2D eigenvalue weighted by molar-refractivity contribution is 5.94. The lowest BCUT2D eigenvalue weighted by atomic mass is 10.0. The molecule has 184 valence electrons. The third kappa shape index (κ3) is 3.53. The van der Waals surface area contributed by atoms with Crippen LogP contribution < -0.4 is 10.5 Å². The number of carbonyl (C=O) groups is 1. The highest BCUT2D eigenvalue weighted by atomic mass is 16.2. The van der Waals surface area contributed by atoms with Crippen LogP contribution in [0.25, 0.3) is 33.3 Å². The molecular weight excluding hydrogens is 462 g/mol. The Morgan fingerprint density at radius 3 is 2.30 bits per heavy atom. The van der Waals surface area contributed by atoms with Crippen molar-refractivity contribution in [2.45, 2.75) is 19.5 Å². The third-order valence-electron chi connectivity index (χ3n) is 7.78. The Kier molecular flexibility index (Phi) is 5.09. The van der Waals surface area contributed by atoms with Gasteiger partial charge in [0.2, 0.25) is 5.91 Å². The number of hydrogen-bond donors (Lipinski definition) is 0. The standard InChI is InChI=1S/C30H27N5O2/c36-27(33-18-16-32(17-19-33)21-8-2-1-3-9-21)20-35-26-13-7-5-10-22(26)23-14-15-34-29(28(23)35)31-25-12-6-4-11-24(25)30(34)37/h1-13H,14-20H2. The number of nitrogens with zero attached hydrogens (tertiary/aromatic N) is 5. The molecule has 1 amide bonds. The van der Waals surface area contributed by atoms with Crippen LogP contribution in [0.4, 0.5) is 5.69 Å². The molecule has 4 heterocycles. The number of hydrogen-bond acceptors (Lipinski definition) is 4. The summed E-state index contributed by atoms with van der Waals surface area (Å²) in [5, 5.41) is 1.76. The Morgan fingerprint density at radius 1 is 0.784 bits per heavy atom. The van der Waals surface area contributed by atoms with Gasteiger partial charge in [-0.05, 0) is 42.3 Å². The lowest BCUT2D eigenvalue weighted by Crippen LogP contribution is -2.49. The van der Waals surface area contributed by atoms with Gasteiger partial charge in [0.05, 0.1) is 16.6 Å². The maximum atomic E-state index is 13.6. The summed E-state index contributed by atoms with van der Waals surface area (Å²) >= 11 is 0. The van der Waals surface area contributed by atoms with E-state index in [9.17, 15) is 9.59 Å². The lowest BCUT2D eigenvalue weighted by Gasteiger charge is -2.36. The van der Waals surface area contributed by atoms with Gasteiger partial charge in [-0.15, -0.1) is 0 Å². The van der Waals surface area contributed by atoms with Gasteiger partial charge in [0, 0.05) is 49.3 Å². The van der Waals surface area contributed by atoms with E-state index in [0.717, 1.165) is 36.1 Å². The van der Waals surface area contributed by atoms with Crippen molar-refractivity contribution >= 4 is 33.4 Å². The molecule has 3 aromatic carbocycles. The molecule has 0 spiro atoms. The molecule has 0 saturated carbocycles. The number of aromatic nitrogens is 3. The molecule has 1 saturated heterocycles. The second-order valence-electron chi connectivity index (χ2n) is 9.79. The summed E-state index contributed by atoms with van der Waals surface area (Å²) in [5.74, 6) is 0.749. The fourth-order valence-corrected chi connectivity index (χ4v) is 5.92. The maximum Gasteiger partial charge on any atom is 0.261 e. The van der Waals surface area contributed by atoms with Gasteiger partial charge >= 0.3 is 0 Å². The number of anilines is 1. The Morgan fingerprint density at radius 2 is 1.49 bits per heavy atom. The largest absolute Gasteiger partial charge is 0.368 e. The minimum absolute atomic E-state index is 0.0218. The Hall–Kier alpha value is -4.39. The van der Waals surface area contributed by atoms with Crippen LogP contribution in [0.15, 0.2) is 83.7 Å². The van der Waals surface area contributed by atoms with E-state index in [1.54, 1.807) is 4.57 Å². The third-order valence-corrected chi connectivity index (χ3v) is 7.78. The van der Waals surface area contributed by atoms with E-state index in [0.29, 0.717) is 36.4 Å². The molecule has 0 unspecified atom stereocenters. The van der Waals surface area contributed by atoms with E-state index < -0.39 is 0 Å². The van der Waals surface area contributed by atoms with Crippen molar-refractivity contribution in [3.63, 3.8) is 0 Å². The van der Waals surface area contributed by atoms with Gasteiger partial charge < -0.3 is 14.4 Å². The van der Waals surface area contributed by atoms with Gasteiger partial charge in [0.1, 0.15) is 6.54 Å². The topological polar surface area (TPSA) is 63.4 Å². The summed E-state index contributed by atoms with van der Waals surface area (Å²) in [6.07, 6.45) is 0.736. The summed E-state index contributed by atoms with van der Waals surface area (Å²) in [6.45, 7) is 3.81. The van der Waals surface area contributed by atoms with Crippen molar-refractivity contribution in [3.8, 4) is 11.5 Å². The summed E-state index contributed by atoms with van der Waals surface area (Å²) in [6, 6.07) is 26.1. The molecule has 0 atom stereocenters. The minimum atomic E-state index is -0.0218. The highest BCUT2D eigenvalue weighted by Crippen LogP contribution is 2.36. The summed E-state index contributed by atoms with van der Waals surface area (Å²) in [5.41, 5.74) is 4.93. The molecule has 2 aliphatic rings. The molecule has 0 bridgehead atoms. The number of rotatable bonds is 3. The molecule has 7 heteroatoms. The Bertz CT molecular complexity index is 1710. The molecule has 0 aliphatic carbocycles. The van der Waals surface area contributed by atoms with Gasteiger partial charge in [-0.2, -0.15) is 0 Å². The zero-order valence-electron chi connectivity index (χ0n) is 20.5. The molecule has 7 nitrogen and oxygen atoms in total. The summed E-state index contributed by atoms with van der Waals surface area (Å²) < 4.78 is 3.87. The lowest BCUT2D eigenvalue weighted by molar-refractivity contribution is -0.132. The average Bonchev–Trinajstić information content (AvgIpc) is 3.27. The molecule has 5 aromatic rings. The van der Waals surface area contributed by atoms with Crippen LogP contribution in [0.2, 0.25) is 0 Å². The minimum Gasteiger partial charge on any atom is -0.368 e. The van der Waals surface area contributed by atoms with Crippen LogP contribution in [0.5, 0.6) is 0 Å². The van der Waals surface area contributed by atoms with Crippen molar-refractivity contribution in [1.29, 1.82) is 0 Å². The molecule has 0 radical (unpaired) electrons. The van der Waals surface area contributed by atoms with Crippen LogP contribution in [-0.2, 0) is 24.3 Å². The maximum absolute atomic E-state index is 13.6. The fourth-order valence-electron chi connectivity index (χ4n) is 5.92. The van der Waals surface area contributed by atoms with Gasteiger partial charge in [-0.1, -0.05) is 48.5 Å². The molecule has 7 rings (SSSR count). The number of aryl methyl sites for hydroxylation is 1. The van der Waals surface area contributed by atoms with Crippen LogP contribution in [0.1, 0.15) is 5.56 Å². The van der Waals surface area contributed by atoms with Crippen molar-refractivity contribution in [1.82, 2.24) is 19.0 Å². The fraction of sp³-hybridized carbons (Fsp3) is 0.233. The highest BCUT2D eigenvalue weighted by Gasteiger charge is 2.29. The number of piperazine rings is 1. The van der Waals surface area contributed by atoms with E-state index in [2.05, 4.69) is 33.7 Å². The van der Waals surface area contributed by atoms with E-state index in [4.69, 9.17) is 4.98 Å². The van der Waals surface area contributed by atoms with Gasteiger partial charge in [-0.3, -0.25) is 14.2 Å². The first-order valence-electron chi connectivity index (χ1n) is 12.9. The van der Waals surface area contributed by atoms with Crippen molar-refractivity contribution in [2.75, 3.05) is 31.1 Å². The van der Waals surface area contributed by atoms with E-state index >= 15 is 0 Å².